The Morgan fingerprint density at radius 2 is 1.86 bits per heavy atom. The summed E-state index contributed by atoms with van der Waals surface area (Å²) in [5.41, 5.74) is 6.62. The highest BCUT2D eigenvalue weighted by Gasteiger charge is 2.26. The van der Waals surface area contributed by atoms with Gasteiger partial charge in [-0.05, 0) is 25.9 Å². The second-order valence-corrected chi connectivity index (χ2v) is 5.90. The number of nitrogens with zero attached hydrogens (tertiary/aromatic N) is 1. The SMILES string of the molecule is Cl.NC(Cl)(OCC(O)CN1CCCCC1)c1ccccc1. The van der Waals surface area contributed by atoms with Gasteiger partial charge in [0.2, 0.25) is 5.18 Å². The zero-order chi connectivity index (χ0) is 14.4. The standard InChI is InChI=1S/C15H23ClN2O2.ClH/c16-15(17,13-7-3-1-4-8-13)20-12-14(19)11-18-9-5-2-6-10-18;/h1,3-4,7-8,14,19H,2,5-6,9-12,17H2;1H. The van der Waals surface area contributed by atoms with Gasteiger partial charge in [-0.3, -0.25) is 5.73 Å². The Kier molecular flexibility index (Phi) is 7.95. The molecule has 0 saturated carbocycles. The smallest absolute Gasteiger partial charge is 0.220 e. The van der Waals surface area contributed by atoms with E-state index in [9.17, 15) is 5.11 Å². The third kappa shape index (κ3) is 6.10. The maximum absolute atomic E-state index is 10.0. The molecular formula is C15H24Cl2N2O2. The monoisotopic (exact) mass is 334 g/mol. The number of β-amino-alcohol motifs (C(OH)–C–C–N with tert-alkyl or cyclic N) is 1. The lowest BCUT2D eigenvalue weighted by molar-refractivity contribution is -0.0428. The van der Waals surface area contributed by atoms with Crippen LogP contribution in [0.15, 0.2) is 30.3 Å². The molecule has 2 unspecified atom stereocenters. The van der Waals surface area contributed by atoms with Crippen LogP contribution in [-0.2, 0) is 9.92 Å². The molecule has 1 aliphatic rings. The maximum atomic E-state index is 10.0. The van der Waals surface area contributed by atoms with Gasteiger partial charge in [0.1, 0.15) is 0 Å². The van der Waals surface area contributed by atoms with Gasteiger partial charge in [-0.1, -0.05) is 48.4 Å². The average Bonchev–Trinajstić information content (AvgIpc) is 2.47. The molecule has 1 aromatic rings. The number of ether oxygens (including phenoxy) is 1. The number of hydrogen-bond donors (Lipinski definition) is 2. The minimum Gasteiger partial charge on any atom is -0.389 e. The highest BCUT2D eigenvalue weighted by atomic mass is 35.5. The van der Waals surface area contributed by atoms with Crippen LogP contribution in [0.4, 0.5) is 0 Å². The first-order valence-corrected chi connectivity index (χ1v) is 7.53. The van der Waals surface area contributed by atoms with Crippen LogP contribution in [0, 0.1) is 0 Å². The van der Waals surface area contributed by atoms with Gasteiger partial charge >= 0.3 is 0 Å². The minimum atomic E-state index is -1.38. The maximum Gasteiger partial charge on any atom is 0.220 e. The molecule has 0 spiro atoms. The van der Waals surface area contributed by atoms with E-state index >= 15 is 0 Å². The fraction of sp³-hybridized carbons (Fsp3) is 0.600. The first kappa shape index (κ1) is 18.7. The van der Waals surface area contributed by atoms with E-state index in [0.29, 0.717) is 12.1 Å². The van der Waals surface area contributed by atoms with Gasteiger partial charge in [0, 0.05) is 12.1 Å². The summed E-state index contributed by atoms with van der Waals surface area (Å²) in [5, 5.41) is 8.65. The molecular weight excluding hydrogens is 311 g/mol. The number of aliphatic hydroxyl groups is 1. The van der Waals surface area contributed by atoms with Gasteiger partial charge < -0.3 is 14.7 Å². The van der Waals surface area contributed by atoms with Gasteiger partial charge in [-0.15, -0.1) is 12.4 Å². The van der Waals surface area contributed by atoms with E-state index in [4.69, 9.17) is 22.1 Å². The van der Waals surface area contributed by atoms with Crippen molar-refractivity contribution in [2.45, 2.75) is 30.6 Å². The molecule has 1 heterocycles. The zero-order valence-electron chi connectivity index (χ0n) is 12.1. The number of hydrogen-bond acceptors (Lipinski definition) is 4. The number of piperidine rings is 1. The third-order valence-corrected chi connectivity index (χ3v) is 3.90. The second-order valence-electron chi connectivity index (χ2n) is 5.34. The van der Waals surface area contributed by atoms with Gasteiger partial charge in [0.15, 0.2) is 0 Å². The lowest BCUT2D eigenvalue weighted by atomic mass is 10.1. The van der Waals surface area contributed by atoms with Crippen molar-refractivity contribution in [3.63, 3.8) is 0 Å². The van der Waals surface area contributed by atoms with Crippen molar-refractivity contribution < 1.29 is 9.84 Å². The summed E-state index contributed by atoms with van der Waals surface area (Å²) in [6.45, 7) is 2.84. The number of alkyl halides is 1. The summed E-state index contributed by atoms with van der Waals surface area (Å²) >= 11 is 6.18. The van der Waals surface area contributed by atoms with Crippen LogP contribution >= 0.6 is 24.0 Å². The number of nitrogens with two attached hydrogens (primary N) is 1. The van der Waals surface area contributed by atoms with Crippen LogP contribution in [-0.4, -0.2) is 42.4 Å². The highest BCUT2D eigenvalue weighted by molar-refractivity contribution is 6.22. The van der Waals surface area contributed by atoms with E-state index in [1.807, 2.05) is 30.3 Å². The lowest BCUT2D eigenvalue weighted by Gasteiger charge is -2.30. The predicted octanol–water partition coefficient (Wildman–Crippen LogP) is 2.28. The molecule has 2 atom stereocenters. The topological polar surface area (TPSA) is 58.7 Å². The molecule has 4 nitrogen and oxygen atoms in total. The highest BCUT2D eigenvalue weighted by Crippen LogP contribution is 2.24. The molecule has 0 radical (unpaired) electrons. The molecule has 0 aliphatic carbocycles. The molecule has 2 rings (SSSR count). The Morgan fingerprint density at radius 1 is 1.24 bits per heavy atom. The zero-order valence-corrected chi connectivity index (χ0v) is 13.7. The Labute approximate surface area is 137 Å². The quantitative estimate of drug-likeness (QED) is 0.476. The first-order valence-electron chi connectivity index (χ1n) is 7.15. The second kappa shape index (κ2) is 8.93. The molecule has 0 amide bonds. The van der Waals surface area contributed by atoms with E-state index in [0.717, 1.165) is 13.1 Å². The van der Waals surface area contributed by atoms with E-state index in [1.54, 1.807) is 0 Å². The molecule has 1 aromatic carbocycles. The van der Waals surface area contributed by atoms with Crippen LogP contribution in [0.1, 0.15) is 24.8 Å². The van der Waals surface area contributed by atoms with E-state index in [-0.39, 0.29) is 19.0 Å². The normalized spacial score (nSPS) is 20.3. The van der Waals surface area contributed by atoms with Crippen LogP contribution < -0.4 is 5.73 Å². The molecule has 0 aromatic heterocycles. The van der Waals surface area contributed by atoms with E-state index < -0.39 is 11.3 Å². The Morgan fingerprint density at radius 3 is 2.48 bits per heavy atom. The number of rotatable bonds is 6. The number of likely N-dealkylation sites (tertiary alicyclic amines) is 1. The summed E-state index contributed by atoms with van der Waals surface area (Å²) in [5.74, 6) is 0. The Balaban J connectivity index is 0.00000220. The van der Waals surface area contributed by atoms with Crippen molar-refractivity contribution >= 4 is 24.0 Å². The van der Waals surface area contributed by atoms with Crippen molar-refractivity contribution in [3.8, 4) is 0 Å². The van der Waals surface area contributed by atoms with Crippen LogP contribution in [0.5, 0.6) is 0 Å². The van der Waals surface area contributed by atoms with Gasteiger partial charge in [0.05, 0.1) is 12.7 Å². The summed E-state index contributed by atoms with van der Waals surface area (Å²) < 4.78 is 5.49. The molecule has 120 valence electrons. The summed E-state index contributed by atoms with van der Waals surface area (Å²) in [6.07, 6.45) is 3.12. The van der Waals surface area contributed by atoms with Gasteiger partial charge in [-0.25, -0.2) is 0 Å². The Bertz CT molecular complexity index is 398. The van der Waals surface area contributed by atoms with E-state index in [2.05, 4.69) is 4.90 Å². The van der Waals surface area contributed by atoms with Crippen LogP contribution in [0.2, 0.25) is 0 Å². The first-order chi connectivity index (χ1) is 9.58. The molecule has 0 bridgehead atoms. The van der Waals surface area contributed by atoms with Crippen molar-refractivity contribution in [2.75, 3.05) is 26.2 Å². The predicted molar refractivity (Wildman–Crippen MR) is 87.7 cm³/mol. The fourth-order valence-corrected chi connectivity index (χ4v) is 2.65. The van der Waals surface area contributed by atoms with Crippen molar-refractivity contribution in [1.29, 1.82) is 0 Å². The summed E-state index contributed by atoms with van der Waals surface area (Å²) in [4.78, 5) is 2.26. The Hall–Kier alpha value is -0.360. The largest absolute Gasteiger partial charge is 0.389 e. The van der Waals surface area contributed by atoms with Crippen molar-refractivity contribution in [2.24, 2.45) is 5.73 Å². The molecule has 6 heteroatoms. The third-order valence-electron chi connectivity index (χ3n) is 3.57. The molecule has 21 heavy (non-hydrogen) atoms. The molecule has 1 fully saturated rings. The lowest BCUT2D eigenvalue weighted by Crippen LogP contribution is -2.41. The number of benzene rings is 1. The summed E-state index contributed by atoms with van der Waals surface area (Å²) in [6, 6.07) is 9.22. The van der Waals surface area contributed by atoms with Gasteiger partial charge in [-0.2, -0.15) is 0 Å². The average molecular weight is 335 g/mol. The van der Waals surface area contributed by atoms with Crippen LogP contribution in [0.25, 0.3) is 0 Å². The van der Waals surface area contributed by atoms with Gasteiger partial charge in [0.25, 0.3) is 0 Å². The van der Waals surface area contributed by atoms with Crippen LogP contribution in [0.3, 0.4) is 0 Å². The van der Waals surface area contributed by atoms with E-state index in [1.165, 1.54) is 19.3 Å². The number of halogens is 2. The summed E-state index contributed by atoms with van der Waals surface area (Å²) in [7, 11) is 0. The number of aliphatic hydroxyl groups excluding tert-OH is 1. The van der Waals surface area contributed by atoms with Crippen molar-refractivity contribution in [3.05, 3.63) is 35.9 Å². The molecule has 3 N–H and O–H groups in total. The van der Waals surface area contributed by atoms with Crippen molar-refractivity contribution in [1.82, 2.24) is 4.90 Å². The fourth-order valence-electron chi connectivity index (χ4n) is 2.46. The molecule has 1 aliphatic heterocycles. The molecule has 1 saturated heterocycles. The minimum absolute atomic E-state index is 0.